The molecule has 2 amide bonds. The van der Waals surface area contributed by atoms with Gasteiger partial charge in [0.25, 0.3) is 5.91 Å². The van der Waals surface area contributed by atoms with Crippen LogP contribution < -0.4 is 10.2 Å². The third-order valence-electron chi connectivity index (χ3n) is 3.97. The molecule has 6 heteroatoms. The van der Waals surface area contributed by atoms with Crippen LogP contribution in [0.3, 0.4) is 0 Å². The van der Waals surface area contributed by atoms with Gasteiger partial charge in [0, 0.05) is 11.3 Å². The summed E-state index contributed by atoms with van der Waals surface area (Å²) < 4.78 is 4.68. The highest BCUT2D eigenvalue weighted by Gasteiger charge is 2.39. The van der Waals surface area contributed by atoms with Gasteiger partial charge in [0.15, 0.2) is 0 Å². The Morgan fingerprint density at radius 3 is 2.48 bits per heavy atom. The second kappa shape index (κ2) is 7.17. The zero-order valence-electron chi connectivity index (χ0n) is 13.8. The summed E-state index contributed by atoms with van der Waals surface area (Å²) in [5.41, 5.74) is 2.37. The number of nitrogens with one attached hydrogen (secondary N) is 1. The average Bonchev–Trinajstić information content (AvgIpc) is 2.89. The van der Waals surface area contributed by atoms with Crippen molar-refractivity contribution in [3.63, 3.8) is 0 Å². The molecule has 2 aromatic rings. The molecular weight excluding hydrogens is 320 g/mol. The lowest BCUT2D eigenvalue weighted by Crippen LogP contribution is -2.40. The Kier molecular flexibility index (Phi) is 4.79. The summed E-state index contributed by atoms with van der Waals surface area (Å²) in [5.74, 6) is -2.19. The van der Waals surface area contributed by atoms with E-state index in [4.69, 9.17) is 0 Å². The molecule has 1 atom stereocenters. The molecule has 0 bridgehead atoms. The largest absolute Gasteiger partial charge is 0.459 e. The van der Waals surface area contributed by atoms with Gasteiger partial charge in [-0.1, -0.05) is 48.5 Å². The second-order valence-electron chi connectivity index (χ2n) is 5.60. The van der Waals surface area contributed by atoms with E-state index in [1.54, 1.807) is 24.0 Å². The van der Waals surface area contributed by atoms with Crippen LogP contribution in [0.5, 0.6) is 0 Å². The first-order chi connectivity index (χ1) is 12.1. The number of carbonyl (C=O) groups is 3. The van der Waals surface area contributed by atoms with Crippen LogP contribution in [0.25, 0.3) is 0 Å². The van der Waals surface area contributed by atoms with Gasteiger partial charge in [-0.05, 0) is 18.6 Å². The molecule has 6 nitrogen and oxygen atoms in total. The van der Waals surface area contributed by atoms with E-state index in [9.17, 15) is 14.4 Å². The fourth-order valence-corrected chi connectivity index (χ4v) is 2.84. The van der Waals surface area contributed by atoms with Crippen molar-refractivity contribution in [3.05, 3.63) is 65.7 Å². The van der Waals surface area contributed by atoms with Gasteiger partial charge in [-0.25, -0.2) is 4.79 Å². The fourth-order valence-electron chi connectivity index (χ4n) is 2.84. The quantitative estimate of drug-likeness (QED) is 0.683. The van der Waals surface area contributed by atoms with Crippen LogP contribution in [0.2, 0.25) is 0 Å². The Morgan fingerprint density at radius 1 is 1.08 bits per heavy atom. The van der Waals surface area contributed by atoms with Crippen molar-refractivity contribution >= 4 is 23.5 Å². The van der Waals surface area contributed by atoms with Crippen molar-refractivity contribution in [3.8, 4) is 0 Å². The van der Waals surface area contributed by atoms with Crippen LogP contribution in [0.4, 0.5) is 5.69 Å². The smallest absolute Gasteiger partial charge is 0.396 e. The third-order valence-corrected chi connectivity index (χ3v) is 3.97. The number of para-hydroxylation sites is 1. The molecule has 3 rings (SSSR count). The molecule has 1 N–H and O–H groups in total. The Morgan fingerprint density at radius 2 is 1.76 bits per heavy atom. The zero-order valence-corrected chi connectivity index (χ0v) is 13.8. The second-order valence-corrected chi connectivity index (χ2v) is 5.60. The van der Waals surface area contributed by atoms with E-state index in [1.807, 2.05) is 42.5 Å². The highest BCUT2D eigenvalue weighted by atomic mass is 16.5. The number of esters is 1. The molecule has 0 saturated heterocycles. The molecule has 0 saturated carbocycles. The number of hydrogen-bond acceptors (Lipinski definition) is 4. The normalized spacial score (nSPS) is 15.6. The first-order valence-corrected chi connectivity index (χ1v) is 8.03. The van der Waals surface area contributed by atoms with Crippen molar-refractivity contribution in [1.82, 2.24) is 5.32 Å². The SMILES string of the molecule is CCOC(=O)C(=O)N[C@H]1C(=O)N(Cc2ccccc2)c2ccccc21. The van der Waals surface area contributed by atoms with Gasteiger partial charge in [0.2, 0.25) is 0 Å². The number of rotatable bonds is 4. The van der Waals surface area contributed by atoms with Crippen LogP contribution in [-0.2, 0) is 25.7 Å². The zero-order chi connectivity index (χ0) is 17.8. The predicted molar refractivity (Wildman–Crippen MR) is 91.6 cm³/mol. The number of ether oxygens (including phenoxy) is 1. The number of anilines is 1. The molecule has 0 spiro atoms. The topological polar surface area (TPSA) is 75.7 Å². The van der Waals surface area contributed by atoms with Crippen LogP contribution in [0.1, 0.15) is 24.1 Å². The van der Waals surface area contributed by atoms with E-state index >= 15 is 0 Å². The fraction of sp³-hybridized carbons (Fsp3) is 0.211. The Balaban J connectivity index is 1.85. The third kappa shape index (κ3) is 3.38. The van der Waals surface area contributed by atoms with E-state index in [0.717, 1.165) is 11.3 Å². The highest BCUT2D eigenvalue weighted by molar-refractivity contribution is 6.33. The van der Waals surface area contributed by atoms with Crippen molar-refractivity contribution in [2.45, 2.75) is 19.5 Å². The first kappa shape index (κ1) is 16.7. The van der Waals surface area contributed by atoms with Gasteiger partial charge in [0.05, 0.1) is 13.2 Å². The lowest BCUT2D eigenvalue weighted by atomic mass is 10.1. The highest BCUT2D eigenvalue weighted by Crippen LogP contribution is 2.36. The van der Waals surface area contributed by atoms with Crippen LogP contribution >= 0.6 is 0 Å². The first-order valence-electron chi connectivity index (χ1n) is 8.03. The van der Waals surface area contributed by atoms with Gasteiger partial charge < -0.3 is 15.0 Å². The standard InChI is InChI=1S/C19H18N2O4/c1-2-25-19(24)17(22)20-16-14-10-6-7-11-15(14)21(18(16)23)12-13-8-4-3-5-9-13/h3-11,16H,2,12H2,1H3,(H,20,22)/t16-/m1/s1. The number of fused-ring (bicyclic) bond motifs is 1. The molecule has 0 unspecified atom stereocenters. The summed E-state index contributed by atoms with van der Waals surface area (Å²) in [4.78, 5) is 38.0. The Bertz CT molecular complexity index is 804. The maximum absolute atomic E-state index is 12.8. The number of carbonyl (C=O) groups excluding carboxylic acids is 3. The van der Waals surface area contributed by atoms with Gasteiger partial charge in [-0.2, -0.15) is 0 Å². The Hall–Kier alpha value is -3.15. The van der Waals surface area contributed by atoms with Gasteiger partial charge in [0.1, 0.15) is 6.04 Å². The van der Waals surface area contributed by atoms with Crippen molar-refractivity contribution < 1.29 is 19.1 Å². The van der Waals surface area contributed by atoms with E-state index in [-0.39, 0.29) is 12.5 Å². The molecule has 1 aliphatic rings. The summed E-state index contributed by atoms with van der Waals surface area (Å²) in [5, 5.41) is 2.48. The summed E-state index contributed by atoms with van der Waals surface area (Å²) >= 11 is 0. The molecule has 0 aliphatic carbocycles. The van der Waals surface area contributed by atoms with E-state index in [1.165, 1.54) is 0 Å². The van der Waals surface area contributed by atoms with E-state index in [2.05, 4.69) is 10.1 Å². The minimum absolute atomic E-state index is 0.0988. The van der Waals surface area contributed by atoms with Gasteiger partial charge in [-0.3, -0.25) is 9.59 Å². The van der Waals surface area contributed by atoms with Crippen molar-refractivity contribution in [1.29, 1.82) is 0 Å². The van der Waals surface area contributed by atoms with Crippen LogP contribution in [0, 0.1) is 0 Å². The lowest BCUT2D eigenvalue weighted by molar-refractivity contribution is -0.155. The minimum Gasteiger partial charge on any atom is -0.459 e. The number of benzene rings is 2. The number of nitrogens with zero attached hydrogens (tertiary/aromatic N) is 1. The van der Waals surface area contributed by atoms with E-state index in [0.29, 0.717) is 12.1 Å². The van der Waals surface area contributed by atoms with Crippen molar-refractivity contribution in [2.75, 3.05) is 11.5 Å². The molecule has 25 heavy (non-hydrogen) atoms. The maximum atomic E-state index is 12.8. The summed E-state index contributed by atoms with van der Waals surface area (Å²) in [6.45, 7) is 2.10. The van der Waals surface area contributed by atoms with Gasteiger partial charge >= 0.3 is 11.9 Å². The number of amides is 2. The molecule has 0 radical (unpaired) electrons. The summed E-state index contributed by atoms with van der Waals surface area (Å²) in [6.07, 6.45) is 0. The van der Waals surface area contributed by atoms with Crippen molar-refractivity contribution in [2.24, 2.45) is 0 Å². The molecule has 1 aliphatic heterocycles. The summed E-state index contributed by atoms with van der Waals surface area (Å²) in [7, 11) is 0. The molecule has 2 aromatic carbocycles. The van der Waals surface area contributed by atoms with Crippen LogP contribution in [0.15, 0.2) is 54.6 Å². The average molecular weight is 338 g/mol. The molecule has 0 fully saturated rings. The molecular formula is C19H18N2O4. The monoisotopic (exact) mass is 338 g/mol. The number of hydrogen-bond donors (Lipinski definition) is 1. The maximum Gasteiger partial charge on any atom is 0.396 e. The molecule has 1 heterocycles. The molecule has 128 valence electrons. The van der Waals surface area contributed by atoms with Gasteiger partial charge in [-0.15, -0.1) is 0 Å². The minimum atomic E-state index is -0.991. The van der Waals surface area contributed by atoms with E-state index < -0.39 is 17.9 Å². The Labute approximate surface area is 145 Å². The predicted octanol–water partition coefficient (Wildman–Crippen LogP) is 1.95. The van der Waals surface area contributed by atoms with Crippen LogP contribution in [-0.4, -0.2) is 24.4 Å². The lowest BCUT2D eigenvalue weighted by Gasteiger charge is -2.18. The molecule has 0 aromatic heterocycles. The summed E-state index contributed by atoms with van der Waals surface area (Å²) in [6, 6.07) is 15.9.